The van der Waals surface area contributed by atoms with Crippen LogP contribution in [0.1, 0.15) is 40.0 Å². The van der Waals surface area contributed by atoms with Crippen LogP contribution in [-0.4, -0.2) is 82.4 Å². The van der Waals surface area contributed by atoms with E-state index in [1.165, 1.54) is 11.8 Å². The van der Waals surface area contributed by atoms with Crippen molar-refractivity contribution >= 4 is 41.3 Å². The molecule has 0 aromatic carbocycles. The van der Waals surface area contributed by atoms with Gasteiger partial charge in [0.2, 0.25) is 5.91 Å². The molecule has 0 bridgehead atoms. The van der Waals surface area contributed by atoms with Crippen molar-refractivity contribution in [1.29, 1.82) is 0 Å². The van der Waals surface area contributed by atoms with E-state index in [-0.39, 0.29) is 22.7 Å². The first-order valence-corrected chi connectivity index (χ1v) is 11.0. The maximum atomic E-state index is 12.8. The van der Waals surface area contributed by atoms with Crippen LogP contribution < -0.4 is 0 Å². The van der Waals surface area contributed by atoms with Crippen LogP contribution in [0.25, 0.3) is 0 Å². The van der Waals surface area contributed by atoms with Crippen LogP contribution in [0, 0.1) is 0 Å². The van der Waals surface area contributed by atoms with E-state index in [2.05, 4.69) is 14.9 Å². The molecule has 2 heterocycles. The first kappa shape index (κ1) is 22.2. The molecule has 2 aliphatic heterocycles. The predicted molar refractivity (Wildman–Crippen MR) is 115 cm³/mol. The standard InChI is InChI=1S/C19H31ClN4O2S/c1-5-21-11-18(22-14(3)20)24-8-6-16(7-9-24)23(4)19(26)17-10-15(12-27-17)13(2)25/h11-14,16-17,25H,5-10H2,1-4H3. The number of aliphatic hydroxyl groups excluding tert-OH is 1. The van der Waals surface area contributed by atoms with Gasteiger partial charge >= 0.3 is 0 Å². The zero-order valence-electron chi connectivity index (χ0n) is 16.6. The van der Waals surface area contributed by atoms with Gasteiger partial charge in [0.1, 0.15) is 11.3 Å². The van der Waals surface area contributed by atoms with Gasteiger partial charge in [-0.3, -0.25) is 9.79 Å². The Morgan fingerprint density at radius 1 is 1.48 bits per heavy atom. The molecular formula is C19H31ClN4O2S. The number of aliphatic imine (C=N–C) groups is 2. The molecule has 0 aliphatic carbocycles. The van der Waals surface area contributed by atoms with Gasteiger partial charge in [-0.2, -0.15) is 0 Å². The van der Waals surface area contributed by atoms with Crippen LogP contribution in [-0.2, 0) is 4.79 Å². The van der Waals surface area contributed by atoms with Crippen molar-refractivity contribution < 1.29 is 9.90 Å². The summed E-state index contributed by atoms with van der Waals surface area (Å²) in [5.41, 5.74) is 0.660. The highest BCUT2D eigenvalue weighted by atomic mass is 35.5. The number of piperidine rings is 1. The van der Waals surface area contributed by atoms with E-state index in [1.54, 1.807) is 13.1 Å². The summed E-state index contributed by atoms with van der Waals surface area (Å²) in [7, 11) is 1.90. The van der Waals surface area contributed by atoms with Gasteiger partial charge in [-0.05, 0) is 51.0 Å². The molecule has 2 rings (SSSR count). The molecule has 0 aromatic rings. The van der Waals surface area contributed by atoms with Crippen molar-refractivity contribution in [3.63, 3.8) is 0 Å². The number of alkyl halides is 1. The van der Waals surface area contributed by atoms with Gasteiger partial charge in [0.25, 0.3) is 0 Å². The van der Waals surface area contributed by atoms with Gasteiger partial charge in [-0.15, -0.1) is 11.8 Å². The van der Waals surface area contributed by atoms with Crippen molar-refractivity contribution in [3.8, 4) is 0 Å². The maximum Gasteiger partial charge on any atom is 0.236 e. The van der Waals surface area contributed by atoms with Crippen molar-refractivity contribution in [2.24, 2.45) is 9.98 Å². The number of thioether (sulfide) groups is 1. The Hall–Kier alpha value is -1.05. The molecule has 27 heavy (non-hydrogen) atoms. The zero-order valence-corrected chi connectivity index (χ0v) is 18.2. The third kappa shape index (κ3) is 6.22. The summed E-state index contributed by atoms with van der Waals surface area (Å²) in [5, 5.41) is 11.5. The molecule has 6 nitrogen and oxygen atoms in total. The monoisotopic (exact) mass is 414 g/mol. The highest BCUT2D eigenvalue weighted by Crippen LogP contribution is 2.33. The number of hydrogen-bond donors (Lipinski definition) is 1. The second-order valence-electron chi connectivity index (χ2n) is 7.05. The minimum atomic E-state index is -0.476. The van der Waals surface area contributed by atoms with Crippen LogP contribution >= 0.6 is 23.4 Å². The first-order valence-electron chi connectivity index (χ1n) is 9.59. The normalized spacial score (nSPS) is 24.2. The van der Waals surface area contributed by atoms with Gasteiger partial charge in [0.05, 0.1) is 17.6 Å². The fourth-order valence-electron chi connectivity index (χ4n) is 3.34. The fraction of sp³-hybridized carbons (Fsp3) is 0.737. The van der Waals surface area contributed by atoms with Crippen LogP contribution in [0.15, 0.2) is 21.0 Å². The zero-order chi connectivity index (χ0) is 20.0. The molecule has 3 atom stereocenters. The minimum absolute atomic E-state index is 0.108. The summed E-state index contributed by atoms with van der Waals surface area (Å²) in [6.07, 6.45) is 3.75. The Morgan fingerprint density at radius 3 is 2.67 bits per heavy atom. The lowest BCUT2D eigenvalue weighted by atomic mass is 10.0. The Kier molecular flexibility index (Phi) is 8.63. The van der Waals surface area contributed by atoms with Gasteiger partial charge in [0, 0.05) is 32.7 Å². The van der Waals surface area contributed by atoms with Gasteiger partial charge in [0.15, 0.2) is 0 Å². The smallest absolute Gasteiger partial charge is 0.236 e. The molecule has 0 radical (unpaired) electrons. The summed E-state index contributed by atoms with van der Waals surface area (Å²) >= 11 is 7.57. The quantitative estimate of drug-likeness (QED) is 0.314. The number of halogens is 1. The topological polar surface area (TPSA) is 68.5 Å². The number of amidine groups is 1. The summed E-state index contributed by atoms with van der Waals surface area (Å²) in [4.78, 5) is 25.7. The second-order valence-corrected chi connectivity index (χ2v) is 8.76. The number of carbonyl (C=O) groups is 1. The van der Waals surface area contributed by atoms with Crippen LogP contribution in [0.4, 0.5) is 0 Å². The van der Waals surface area contributed by atoms with E-state index < -0.39 is 6.10 Å². The number of amides is 1. The van der Waals surface area contributed by atoms with Crippen molar-refractivity contribution in [2.45, 2.75) is 62.9 Å². The van der Waals surface area contributed by atoms with E-state index in [0.717, 1.165) is 37.3 Å². The van der Waals surface area contributed by atoms with Crippen LogP contribution in [0.2, 0.25) is 0 Å². The molecule has 1 amide bonds. The Morgan fingerprint density at radius 2 is 2.15 bits per heavy atom. The number of likely N-dealkylation sites (tertiary alicyclic amines) is 1. The molecule has 3 unspecified atom stereocenters. The molecular weight excluding hydrogens is 384 g/mol. The Balaban J connectivity index is 1.90. The largest absolute Gasteiger partial charge is 0.389 e. The number of rotatable bonds is 6. The molecule has 0 aromatic heterocycles. The highest BCUT2D eigenvalue weighted by molar-refractivity contribution is 8.03. The summed E-state index contributed by atoms with van der Waals surface area (Å²) < 4.78 is 0. The lowest BCUT2D eigenvalue weighted by molar-refractivity contribution is -0.132. The fourth-order valence-corrected chi connectivity index (χ4v) is 4.64. The lowest BCUT2D eigenvalue weighted by Crippen LogP contribution is -2.49. The van der Waals surface area contributed by atoms with Gasteiger partial charge in [-0.1, -0.05) is 11.6 Å². The third-order valence-electron chi connectivity index (χ3n) is 5.00. The SMILES string of the molecule is CCN=CC(=NC(C)Cl)N1CCC(N(C)C(=O)C2CC(C(C)O)=CS2)CC1. The number of nitrogens with zero attached hydrogens (tertiary/aromatic N) is 4. The summed E-state index contributed by atoms with van der Waals surface area (Å²) in [6, 6.07) is 0.225. The van der Waals surface area contributed by atoms with Gasteiger partial charge in [-0.25, -0.2) is 4.99 Å². The van der Waals surface area contributed by atoms with Gasteiger partial charge < -0.3 is 14.9 Å². The number of carbonyl (C=O) groups excluding carboxylic acids is 1. The van der Waals surface area contributed by atoms with E-state index in [4.69, 9.17) is 11.6 Å². The van der Waals surface area contributed by atoms with Crippen molar-refractivity contribution in [3.05, 3.63) is 11.0 Å². The van der Waals surface area contributed by atoms with E-state index in [1.807, 2.05) is 31.2 Å². The molecule has 1 fully saturated rings. The Bertz CT molecular complexity index is 599. The molecule has 0 saturated carbocycles. The molecule has 1 N–H and O–H groups in total. The predicted octanol–water partition coefficient (Wildman–Crippen LogP) is 2.75. The van der Waals surface area contributed by atoms with Crippen molar-refractivity contribution in [1.82, 2.24) is 9.80 Å². The molecule has 2 aliphatic rings. The molecule has 1 saturated heterocycles. The van der Waals surface area contributed by atoms with Crippen molar-refractivity contribution in [2.75, 3.05) is 26.7 Å². The average Bonchev–Trinajstić information content (AvgIpc) is 3.14. The second kappa shape index (κ2) is 10.5. The maximum absolute atomic E-state index is 12.8. The number of hydrogen-bond acceptors (Lipinski definition) is 5. The molecule has 0 spiro atoms. The highest BCUT2D eigenvalue weighted by Gasteiger charge is 2.33. The van der Waals surface area contributed by atoms with E-state index in [0.29, 0.717) is 13.0 Å². The van der Waals surface area contributed by atoms with E-state index in [9.17, 15) is 9.90 Å². The molecule has 8 heteroatoms. The first-order chi connectivity index (χ1) is 12.8. The lowest BCUT2D eigenvalue weighted by Gasteiger charge is -2.38. The molecule has 152 valence electrons. The summed E-state index contributed by atoms with van der Waals surface area (Å²) in [6.45, 7) is 7.95. The van der Waals surface area contributed by atoms with E-state index >= 15 is 0 Å². The third-order valence-corrected chi connectivity index (χ3v) is 6.23. The minimum Gasteiger partial charge on any atom is -0.389 e. The average molecular weight is 415 g/mol. The Labute approximate surface area is 171 Å². The van der Waals surface area contributed by atoms with Crippen LogP contribution in [0.3, 0.4) is 0 Å². The summed E-state index contributed by atoms with van der Waals surface area (Å²) in [5.74, 6) is 0.977. The number of aliphatic hydroxyl groups is 1. The van der Waals surface area contributed by atoms with Crippen LogP contribution in [0.5, 0.6) is 0 Å².